The van der Waals surface area contributed by atoms with E-state index in [9.17, 15) is 9.59 Å². The molecular formula is C41H40N2O6. The average Bonchev–Trinajstić information content (AvgIpc) is 3.57. The van der Waals surface area contributed by atoms with Crippen molar-refractivity contribution in [3.05, 3.63) is 112 Å². The Balaban J connectivity index is 0.916. The van der Waals surface area contributed by atoms with Crippen LogP contribution in [0.1, 0.15) is 81.5 Å². The van der Waals surface area contributed by atoms with E-state index in [1.54, 1.807) is 20.3 Å². The molecule has 3 aliphatic rings. The number of nitrogens with zero attached hydrogens (tertiary/aromatic N) is 2. The maximum Gasteiger partial charge on any atom is 0.256 e. The van der Waals surface area contributed by atoms with E-state index in [0.717, 1.165) is 67.3 Å². The fraction of sp³-hybridized carbons (Fsp3) is 0.293. The summed E-state index contributed by atoms with van der Waals surface area (Å²) < 4.78 is 23.5. The summed E-state index contributed by atoms with van der Waals surface area (Å²) in [5.41, 5.74) is 6.45. The van der Waals surface area contributed by atoms with Gasteiger partial charge in [0.1, 0.15) is 0 Å². The molecule has 0 radical (unpaired) electrons. The van der Waals surface area contributed by atoms with Crippen molar-refractivity contribution in [2.45, 2.75) is 44.6 Å². The number of hydrogen-bond acceptors (Lipinski definition) is 7. The zero-order valence-corrected chi connectivity index (χ0v) is 27.9. The number of methoxy groups -OCH3 is 2. The molecule has 1 fully saturated rings. The first-order chi connectivity index (χ1) is 24.1. The van der Waals surface area contributed by atoms with Crippen molar-refractivity contribution in [3.63, 3.8) is 0 Å². The molecule has 4 aromatic carbocycles. The molecule has 0 aromatic heterocycles. The molecule has 250 valence electrons. The maximum atomic E-state index is 13.1. The number of fused-ring (bicyclic) bond motifs is 4. The number of ether oxygens (including phenoxy) is 4. The first-order valence-electron chi connectivity index (χ1n) is 17.0. The number of hydrogen-bond donors (Lipinski definition) is 0. The molecule has 2 aliphatic heterocycles. The lowest BCUT2D eigenvalue weighted by molar-refractivity contribution is 0.0774. The molecule has 1 saturated heterocycles. The Bertz CT molecular complexity index is 1890. The highest BCUT2D eigenvalue weighted by molar-refractivity contribution is 6.20. The average molecular weight is 657 g/mol. The van der Waals surface area contributed by atoms with Gasteiger partial charge in [-0.15, -0.1) is 0 Å². The quantitative estimate of drug-likeness (QED) is 0.126. The Kier molecular flexibility index (Phi) is 9.46. The van der Waals surface area contributed by atoms with E-state index >= 15 is 0 Å². The summed E-state index contributed by atoms with van der Waals surface area (Å²) in [4.78, 5) is 32.7. The van der Waals surface area contributed by atoms with Crippen molar-refractivity contribution in [2.75, 3.05) is 34.0 Å². The Morgan fingerprint density at radius 1 is 0.714 bits per heavy atom. The number of benzene rings is 4. The van der Waals surface area contributed by atoms with Gasteiger partial charge in [0, 0.05) is 30.0 Å². The Morgan fingerprint density at radius 2 is 1.35 bits per heavy atom. The predicted molar refractivity (Wildman–Crippen MR) is 191 cm³/mol. The summed E-state index contributed by atoms with van der Waals surface area (Å²) in [7, 11) is 3.24. The summed E-state index contributed by atoms with van der Waals surface area (Å²) >= 11 is 0. The van der Waals surface area contributed by atoms with Crippen LogP contribution in [0.2, 0.25) is 0 Å². The van der Waals surface area contributed by atoms with Gasteiger partial charge in [-0.1, -0.05) is 54.6 Å². The molecule has 0 unspecified atom stereocenters. The van der Waals surface area contributed by atoms with Gasteiger partial charge in [0.25, 0.3) is 5.91 Å². The Labute approximate surface area is 287 Å². The number of carbonyl (C=O) groups excluding carboxylic acids is 2. The molecule has 8 heteroatoms. The van der Waals surface area contributed by atoms with E-state index in [0.29, 0.717) is 58.6 Å². The number of carbonyl (C=O) groups is 2. The fourth-order valence-electron chi connectivity index (χ4n) is 6.88. The first kappa shape index (κ1) is 32.2. The van der Waals surface area contributed by atoms with Crippen molar-refractivity contribution >= 4 is 35.2 Å². The molecule has 1 aliphatic carbocycles. The van der Waals surface area contributed by atoms with Crippen LogP contribution in [-0.2, 0) is 0 Å². The molecule has 0 bridgehead atoms. The van der Waals surface area contributed by atoms with Crippen LogP contribution >= 0.6 is 0 Å². The lowest BCUT2D eigenvalue weighted by Crippen LogP contribution is -2.35. The van der Waals surface area contributed by atoms with Crippen LogP contribution in [0.4, 0.5) is 5.69 Å². The van der Waals surface area contributed by atoms with E-state index in [1.165, 1.54) is 0 Å². The van der Waals surface area contributed by atoms with Gasteiger partial charge in [-0.25, -0.2) is 0 Å². The largest absolute Gasteiger partial charge is 0.493 e. The topological polar surface area (TPSA) is 86.7 Å². The fourth-order valence-corrected chi connectivity index (χ4v) is 6.88. The van der Waals surface area contributed by atoms with E-state index in [-0.39, 0.29) is 17.7 Å². The van der Waals surface area contributed by atoms with Crippen LogP contribution in [0.5, 0.6) is 23.0 Å². The van der Waals surface area contributed by atoms with Crippen molar-refractivity contribution in [2.24, 2.45) is 4.99 Å². The van der Waals surface area contributed by atoms with Crippen LogP contribution in [0.3, 0.4) is 0 Å². The Morgan fingerprint density at radius 3 is 2.02 bits per heavy atom. The van der Waals surface area contributed by atoms with E-state index in [4.69, 9.17) is 18.9 Å². The van der Waals surface area contributed by atoms with Crippen LogP contribution in [0, 0.1) is 0 Å². The molecule has 0 spiro atoms. The highest BCUT2D eigenvalue weighted by Gasteiger charge is 2.32. The normalized spacial score (nSPS) is 15.9. The molecule has 4 aromatic rings. The molecule has 8 nitrogen and oxygen atoms in total. The molecule has 1 amide bonds. The molecule has 49 heavy (non-hydrogen) atoms. The highest BCUT2D eigenvalue weighted by atomic mass is 16.5. The molecule has 7 rings (SSSR count). The first-order valence-corrected chi connectivity index (χ1v) is 17.0. The third-order valence-electron chi connectivity index (χ3n) is 9.43. The van der Waals surface area contributed by atoms with Gasteiger partial charge in [0.15, 0.2) is 28.8 Å². The zero-order valence-electron chi connectivity index (χ0n) is 27.9. The summed E-state index contributed by atoms with van der Waals surface area (Å²) in [6.07, 6.45) is 9.69. The number of rotatable bonds is 12. The minimum absolute atomic E-state index is 0.00321. The molecule has 0 saturated carbocycles. The summed E-state index contributed by atoms with van der Waals surface area (Å²) in [5, 5.41) is 0. The van der Waals surface area contributed by atoms with Crippen LogP contribution in [-0.4, -0.2) is 62.8 Å². The van der Waals surface area contributed by atoms with Gasteiger partial charge in [-0.3, -0.25) is 14.6 Å². The van der Waals surface area contributed by atoms with Gasteiger partial charge in [0.05, 0.1) is 44.7 Å². The van der Waals surface area contributed by atoms with Gasteiger partial charge in [-0.2, -0.15) is 0 Å². The summed E-state index contributed by atoms with van der Waals surface area (Å²) in [5.74, 6) is 2.57. The third kappa shape index (κ3) is 6.55. The number of aliphatic imine (C=N–C) groups is 1. The van der Waals surface area contributed by atoms with Crippen molar-refractivity contribution in [3.8, 4) is 23.0 Å². The molecular weight excluding hydrogens is 616 g/mol. The minimum Gasteiger partial charge on any atom is -0.493 e. The highest BCUT2D eigenvalue weighted by Crippen LogP contribution is 2.40. The van der Waals surface area contributed by atoms with Crippen molar-refractivity contribution < 1.29 is 28.5 Å². The van der Waals surface area contributed by atoms with Gasteiger partial charge in [0.2, 0.25) is 0 Å². The molecule has 1 atom stereocenters. The van der Waals surface area contributed by atoms with E-state index in [1.807, 2.05) is 83.9 Å². The summed E-state index contributed by atoms with van der Waals surface area (Å²) in [6, 6.07) is 25.1. The van der Waals surface area contributed by atoms with E-state index in [2.05, 4.69) is 11.1 Å². The lowest BCUT2D eigenvalue weighted by Gasteiger charge is -2.21. The van der Waals surface area contributed by atoms with Crippen LogP contribution in [0.25, 0.3) is 11.6 Å². The second-order valence-electron chi connectivity index (χ2n) is 12.5. The predicted octanol–water partition coefficient (Wildman–Crippen LogP) is 8.18. The number of amides is 1. The van der Waals surface area contributed by atoms with Crippen molar-refractivity contribution in [1.82, 2.24) is 4.90 Å². The third-order valence-corrected chi connectivity index (χ3v) is 9.43. The monoisotopic (exact) mass is 656 g/mol. The second-order valence-corrected chi connectivity index (χ2v) is 12.5. The van der Waals surface area contributed by atoms with Crippen LogP contribution < -0.4 is 18.9 Å². The summed E-state index contributed by atoms with van der Waals surface area (Å²) in [6.45, 7) is 1.87. The standard InChI is InChI=1S/C41H40N2O6/c1-46-37-23-27(22-33-29-13-5-7-15-31(29)40(44)32-16-8-6-14-30(32)33)17-18-36(37)48-20-9-3-4-10-21-49-39-25-35-34(24-38(39)47-2)41(45)43-19-11-12-28(43)26-42-35/h5-8,13-18,22-26,28H,3-4,9-12,19-21H2,1-2H3/t28-/m0/s1. The zero-order chi connectivity index (χ0) is 33.7. The van der Waals surface area contributed by atoms with Crippen molar-refractivity contribution in [1.29, 1.82) is 0 Å². The minimum atomic E-state index is 0.00321. The number of ketones is 1. The van der Waals surface area contributed by atoms with Gasteiger partial charge in [-0.05, 0) is 85.1 Å². The van der Waals surface area contributed by atoms with Gasteiger partial charge >= 0.3 is 0 Å². The Hall–Kier alpha value is -5.37. The van der Waals surface area contributed by atoms with Crippen LogP contribution in [0.15, 0.2) is 83.9 Å². The molecule has 0 N–H and O–H groups in total. The smallest absolute Gasteiger partial charge is 0.256 e. The molecule has 2 heterocycles. The SMILES string of the molecule is COc1cc(C=C2c3ccccc3C(=O)c3ccccc32)ccc1OCCCCCCOc1cc2c(cc1OC)C(=O)N1CCC[C@H]1C=N2. The number of unbranched alkanes of at least 4 members (excludes halogenated alkanes) is 3. The second kappa shape index (κ2) is 14.4. The lowest BCUT2D eigenvalue weighted by atomic mass is 9.81. The van der Waals surface area contributed by atoms with Gasteiger partial charge < -0.3 is 23.8 Å². The maximum absolute atomic E-state index is 13.1. The van der Waals surface area contributed by atoms with E-state index < -0.39 is 0 Å².